The van der Waals surface area contributed by atoms with Crippen molar-refractivity contribution < 1.29 is 26.7 Å². The van der Waals surface area contributed by atoms with Crippen LogP contribution in [0.2, 0.25) is 0 Å². The predicted octanol–water partition coefficient (Wildman–Crippen LogP) is 2.98. The third-order valence-electron chi connectivity index (χ3n) is 1.68. The summed E-state index contributed by atoms with van der Waals surface area (Å²) in [4.78, 5) is 3.62. The highest BCUT2D eigenvalue weighted by molar-refractivity contribution is 14.1. The first-order valence-corrected chi connectivity index (χ1v) is 5.25. The topological polar surface area (TPSA) is 48.1 Å². The highest BCUT2D eigenvalue weighted by Gasteiger charge is 2.35. The maximum absolute atomic E-state index is 12.6. The van der Waals surface area contributed by atoms with Crippen LogP contribution >= 0.6 is 22.6 Å². The van der Waals surface area contributed by atoms with E-state index in [0.29, 0.717) is 0 Å². The molecule has 2 N–H and O–H groups in total. The maximum Gasteiger partial charge on any atom is 0.573 e. The highest BCUT2D eigenvalue weighted by Crippen LogP contribution is 2.36. The van der Waals surface area contributed by atoms with Crippen LogP contribution in [0.1, 0.15) is 17.7 Å². The number of alkyl halides is 5. The van der Waals surface area contributed by atoms with E-state index in [0.717, 1.165) is 6.07 Å². The zero-order chi connectivity index (χ0) is 13.2. The maximum atomic E-state index is 12.6. The monoisotopic (exact) mass is 368 g/mol. The van der Waals surface area contributed by atoms with Gasteiger partial charge in [0.1, 0.15) is 3.70 Å². The number of aromatic nitrogens is 1. The number of ether oxygens (including phenoxy) is 1. The predicted molar refractivity (Wildman–Crippen MR) is 56.5 cm³/mol. The summed E-state index contributed by atoms with van der Waals surface area (Å²) in [5.74, 6) is -0.981. The van der Waals surface area contributed by atoms with Crippen molar-refractivity contribution in [3.63, 3.8) is 0 Å². The van der Waals surface area contributed by atoms with Gasteiger partial charge in [0.2, 0.25) is 0 Å². The third-order valence-corrected chi connectivity index (χ3v) is 2.41. The Balaban J connectivity index is 3.27. The van der Waals surface area contributed by atoms with Gasteiger partial charge in [-0.25, -0.2) is 13.8 Å². The lowest BCUT2D eigenvalue weighted by molar-refractivity contribution is -0.275. The number of hydrogen-bond donors (Lipinski definition) is 1. The van der Waals surface area contributed by atoms with Crippen molar-refractivity contribution >= 4 is 22.6 Å². The first-order valence-electron chi connectivity index (χ1n) is 4.18. The first kappa shape index (κ1) is 14.4. The van der Waals surface area contributed by atoms with Gasteiger partial charge in [-0.3, -0.25) is 0 Å². The van der Waals surface area contributed by atoms with Crippen molar-refractivity contribution in [1.29, 1.82) is 0 Å². The Bertz CT molecular complexity index is 410. The highest BCUT2D eigenvalue weighted by atomic mass is 127. The molecule has 0 aromatic carbocycles. The van der Waals surface area contributed by atoms with E-state index in [1.165, 1.54) is 22.6 Å². The number of hydrogen-bond acceptors (Lipinski definition) is 3. The Morgan fingerprint density at radius 1 is 1.41 bits per heavy atom. The molecule has 0 amide bonds. The third kappa shape index (κ3) is 3.91. The van der Waals surface area contributed by atoms with E-state index in [1.54, 1.807) is 0 Å². The molecule has 0 unspecified atom stereocenters. The SMILES string of the molecule is NCc1cc(C(F)F)c(OC(F)(F)F)c(I)n1. The molecule has 0 saturated heterocycles. The molecule has 3 nitrogen and oxygen atoms in total. The summed E-state index contributed by atoms with van der Waals surface area (Å²) in [6.45, 7) is -0.151. The summed E-state index contributed by atoms with van der Waals surface area (Å²) in [6.07, 6.45) is -8.15. The quantitative estimate of drug-likeness (QED) is 0.507. The van der Waals surface area contributed by atoms with Crippen molar-refractivity contribution in [2.45, 2.75) is 19.3 Å². The van der Waals surface area contributed by atoms with Crippen LogP contribution in [0.15, 0.2) is 6.07 Å². The summed E-state index contributed by atoms with van der Waals surface area (Å²) in [6, 6.07) is 0.800. The molecule has 0 saturated carbocycles. The second-order valence-electron chi connectivity index (χ2n) is 2.88. The van der Waals surface area contributed by atoms with Gasteiger partial charge in [-0.15, -0.1) is 13.2 Å². The van der Waals surface area contributed by atoms with Gasteiger partial charge in [-0.1, -0.05) is 0 Å². The molecule has 0 fully saturated rings. The molecule has 0 radical (unpaired) electrons. The Hall–Kier alpha value is -0.710. The summed E-state index contributed by atoms with van der Waals surface area (Å²) in [7, 11) is 0. The van der Waals surface area contributed by atoms with Gasteiger partial charge in [-0.2, -0.15) is 0 Å². The fourth-order valence-electron chi connectivity index (χ4n) is 1.06. The van der Waals surface area contributed by atoms with Crippen molar-refractivity contribution in [3.05, 3.63) is 21.0 Å². The lowest BCUT2D eigenvalue weighted by Crippen LogP contribution is -2.20. The van der Waals surface area contributed by atoms with E-state index < -0.39 is 24.1 Å². The number of halogens is 6. The standard InChI is InChI=1S/C8H6F5IN2O/c9-6(10)4-1-3(2-15)16-7(14)5(4)17-8(11,12)13/h1,6H,2,15H2. The van der Waals surface area contributed by atoms with Gasteiger partial charge in [-0.05, 0) is 28.7 Å². The van der Waals surface area contributed by atoms with E-state index in [1.807, 2.05) is 0 Å². The van der Waals surface area contributed by atoms with Crippen LogP contribution in [-0.2, 0) is 6.54 Å². The number of nitrogens with zero attached hydrogens (tertiary/aromatic N) is 1. The average molecular weight is 368 g/mol. The molecule has 1 aromatic heterocycles. The second kappa shape index (κ2) is 5.29. The molecule has 0 aliphatic rings. The molecule has 0 atom stereocenters. The van der Waals surface area contributed by atoms with E-state index in [9.17, 15) is 22.0 Å². The molecule has 0 spiro atoms. The Morgan fingerprint density at radius 3 is 2.41 bits per heavy atom. The molecule has 0 aliphatic carbocycles. The van der Waals surface area contributed by atoms with Crippen LogP contribution in [-0.4, -0.2) is 11.3 Å². The molecule has 9 heteroatoms. The van der Waals surface area contributed by atoms with Crippen molar-refractivity contribution in [2.75, 3.05) is 0 Å². The van der Waals surface area contributed by atoms with Crippen LogP contribution in [0.25, 0.3) is 0 Å². The van der Waals surface area contributed by atoms with Crippen LogP contribution in [0.3, 0.4) is 0 Å². The zero-order valence-corrected chi connectivity index (χ0v) is 10.2. The van der Waals surface area contributed by atoms with Gasteiger partial charge >= 0.3 is 6.36 Å². The molecular formula is C8H6F5IN2O. The molecule has 1 aromatic rings. The number of rotatable bonds is 3. The van der Waals surface area contributed by atoms with E-state index in [2.05, 4.69) is 9.72 Å². The van der Waals surface area contributed by atoms with Crippen LogP contribution in [0, 0.1) is 3.70 Å². The Kier molecular flexibility index (Phi) is 4.47. The van der Waals surface area contributed by atoms with Crippen LogP contribution in [0.5, 0.6) is 5.75 Å². The van der Waals surface area contributed by atoms with Crippen LogP contribution in [0.4, 0.5) is 22.0 Å². The van der Waals surface area contributed by atoms with Gasteiger partial charge in [0.15, 0.2) is 5.75 Å². The molecule has 1 rings (SSSR count). The minimum atomic E-state index is -5.05. The van der Waals surface area contributed by atoms with Crippen molar-refractivity contribution in [2.24, 2.45) is 5.73 Å². The van der Waals surface area contributed by atoms with Crippen molar-refractivity contribution in [1.82, 2.24) is 4.98 Å². The lowest BCUT2D eigenvalue weighted by atomic mass is 10.2. The minimum absolute atomic E-state index is 0.0687. The first-order chi connectivity index (χ1) is 7.74. The molecule has 1 heterocycles. The summed E-state index contributed by atoms with van der Waals surface area (Å²) >= 11 is 1.38. The molecule has 0 aliphatic heterocycles. The molecular weight excluding hydrogens is 362 g/mol. The van der Waals surface area contributed by atoms with Crippen LogP contribution < -0.4 is 10.5 Å². The van der Waals surface area contributed by atoms with Crippen molar-refractivity contribution in [3.8, 4) is 5.75 Å². The fraction of sp³-hybridized carbons (Fsp3) is 0.375. The number of nitrogens with two attached hydrogens (primary N) is 1. The van der Waals surface area contributed by atoms with Gasteiger partial charge in [0, 0.05) is 6.54 Å². The van der Waals surface area contributed by atoms with E-state index in [4.69, 9.17) is 5.73 Å². The van der Waals surface area contributed by atoms with Gasteiger partial charge in [0.05, 0.1) is 11.3 Å². The summed E-state index contributed by atoms with van der Waals surface area (Å²) in [5, 5.41) is 0. The smallest absolute Gasteiger partial charge is 0.402 e. The average Bonchev–Trinajstić information content (AvgIpc) is 2.18. The molecule has 96 valence electrons. The molecule has 0 bridgehead atoms. The Morgan fingerprint density at radius 2 is 2.00 bits per heavy atom. The normalized spacial score (nSPS) is 12.0. The zero-order valence-electron chi connectivity index (χ0n) is 8.06. The number of pyridine rings is 1. The van der Waals surface area contributed by atoms with E-state index in [-0.39, 0.29) is 15.9 Å². The lowest BCUT2D eigenvalue weighted by Gasteiger charge is -2.15. The fourth-order valence-corrected chi connectivity index (χ4v) is 1.79. The summed E-state index contributed by atoms with van der Waals surface area (Å²) in [5.41, 5.74) is 4.39. The van der Waals surface area contributed by atoms with Gasteiger partial charge in [0.25, 0.3) is 6.43 Å². The second-order valence-corrected chi connectivity index (χ2v) is 3.90. The molecule has 17 heavy (non-hydrogen) atoms. The Labute approximate surface area is 106 Å². The largest absolute Gasteiger partial charge is 0.573 e. The minimum Gasteiger partial charge on any atom is -0.402 e. The van der Waals surface area contributed by atoms with E-state index >= 15 is 0 Å². The van der Waals surface area contributed by atoms with Gasteiger partial charge < -0.3 is 10.5 Å². The summed E-state index contributed by atoms with van der Waals surface area (Å²) < 4.78 is 64.5.